The summed E-state index contributed by atoms with van der Waals surface area (Å²) in [6.07, 6.45) is 11.5. The van der Waals surface area contributed by atoms with Crippen molar-refractivity contribution in [3.63, 3.8) is 0 Å². The van der Waals surface area contributed by atoms with Crippen LogP contribution in [0.2, 0.25) is 0 Å². The lowest BCUT2D eigenvalue weighted by molar-refractivity contribution is -0.134. The number of amides is 1. The molecule has 1 fully saturated rings. The molecule has 0 aliphatic carbocycles. The lowest BCUT2D eigenvalue weighted by Crippen LogP contribution is -2.47. The van der Waals surface area contributed by atoms with Crippen LogP contribution < -0.4 is 4.74 Å². The second kappa shape index (κ2) is 11.4. The van der Waals surface area contributed by atoms with E-state index < -0.39 is 0 Å². The quantitative estimate of drug-likeness (QED) is 0.633. The first-order valence-electron chi connectivity index (χ1n) is 13.2. The van der Waals surface area contributed by atoms with Crippen LogP contribution in [0.1, 0.15) is 68.7 Å². The molecule has 6 nitrogen and oxygen atoms in total. The van der Waals surface area contributed by atoms with E-state index in [0.29, 0.717) is 0 Å². The largest absolute Gasteiger partial charge is 0.483 e. The molecule has 1 aromatic heterocycles. The summed E-state index contributed by atoms with van der Waals surface area (Å²) in [5, 5.41) is 4.72. The summed E-state index contributed by atoms with van der Waals surface area (Å²) < 4.78 is 8.05. The Morgan fingerprint density at radius 2 is 1.91 bits per heavy atom. The molecular formula is C28H42N4O2. The summed E-state index contributed by atoms with van der Waals surface area (Å²) >= 11 is 0. The number of ether oxygens (including phenoxy) is 1. The van der Waals surface area contributed by atoms with E-state index in [9.17, 15) is 4.79 Å². The Bertz CT molecular complexity index is 946. The number of hydrogen-bond acceptors (Lipinski definition) is 4. The third kappa shape index (κ3) is 6.21. The third-order valence-electron chi connectivity index (χ3n) is 7.82. The molecule has 1 amide bonds. The number of nitrogens with zero attached hydrogens (tertiary/aromatic N) is 4. The Morgan fingerprint density at radius 1 is 1.12 bits per heavy atom. The predicted octanol–water partition coefficient (Wildman–Crippen LogP) is 4.84. The van der Waals surface area contributed by atoms with Gasteiger partial charge in [-0.15, -0.1) is 0 Å². The van der Waals surface area contributed by atoms with Crippen LogP contribution in [0.5, 0.6) is 5.75 Å². The second-order valence-corrected chi connectivity index (χ2v) is 10.5. The van der Waals surface area contributed by atoms with Crippen molar-refractivity contribution in [1.82, 2.24) is 19.6 Å². The van der Waals surface area contributed by atoms with E-state index in [-0.39, 0.29) is 17.9 Å². The monoisotopic (exact) mass is 466 g/mol. The number of likely N-dealkylation sites (tertiary alicyclic amines) is 1. The molecule has 0 bridgehead atoms. The number of carbonyl (C=O) groups is 1. The van der Waals surface area contributed by atoms with Crippen molar-refractivity contribution in [1.29, 1.82) is 0 Å². The molecule has 3 heterocycles. The Morgan fingerprint density at radius 3 is 2.71 bits per heavy atom. The van der Waals surface area contributed by atoms with Crippen LogP contribution >= 0.6 is 0 Å². The van der Waals surface area contributed by atoms with Crippen molar-refractivity contribution in [2.45, 2.75) is 78.3 Å². The van der Waals surface area contributed by atoms with Gasteiger partial charge in [0.2, 0.25) is 0 Å². The number of rotatable bonds is 5. The van der Waals surface area contributed by atoms with E-state index in [2.05, 4.69) is 41.8 Å². The highest BCUT2D eigenvalue weighted by atomic mass is 16.5. The van der Waals surface area contributed by atoms with Crippen LogP contribution in [-0.2, 0) is 24.3 Å². The molecule has 186 valence electrons. The van der Waals surface area contributed by atoms with E-state index in [0.717, 1.165) is 63.4 Å². The van der Waals surface area contributed by atoms with Crippen LogP contribution in [0.3, 0.4) is 0 Å². The molecule has 0 atom stereocenters. The van der Waals surface area contributed by atoms with Crippen molar-refractivity contribution < 1.29 is 9.53 Å². The first-order valence-corrected chi connectivity index (χ1v) is 13.2. The molecule has 1 aromatic carbocycles. The van der Waals surface area contributed by atoms with Crippen LogP contribution in [0, 0.1) is 12.3 Å². The summed E-state index contributed by atoms with van der Waals surface area (Å²) in [6, 6.07) is 8.17. The Labute approximate surface area is 205 Å². The Balaban J connectivity index is 1.38. The maximum atomic E-state index is 12.9. The van der Waals surface area contributed by atoms with Crippen LogP contribution in [0.25, 0.3) is 0 Å². The zero-order valence-corrected chi connectivity index (χ0v) is 21.4. The minimum absolute atomic E-state index is 0.0762. The molecule has 4 rings (SSSR count). The highest BCUT2D eigenvalue weighted by Crippen LogP contribution is 2.38. The SMILES string of the molecule is CCCCn1cc(CN2CCC3(CCCCc4ccccc4OCC(=O)N(C)C3)CC2)c(C)n1. The molecule has 2 aromatic rings. The van der Waals surface area contributed by atoms with Crippen molar-refractivity contribution in [3.05, 3.63) is 47.3 Å². The van der Waals surface area contributed by atoms with E-state index in [1.165, 1.54) is 43.2 Å². The van der Waals surface area contributed by atoms with E-state index >= 15 is 0 Å². The number of aryl methyl sites for hydroxylation is 3. The van der Waals surface area contributed by atoms with Gasteiger partial charge >= 0.3 is 0 Å². The molecular weight excluding hydrogens is 424 g/mol. The number of benzene rings is 1. The molecule has 34 heavy (non-hydrogen) atoms. The number of para-hydroxylation sites is 1. The number of unbranched alkanes of at least 4 members (excludes halogenated alkanes) is 1. The van der Waals surface area contributed by atoms with Gasteiger partial charge in [0.05, 0.1) is 5.69 Å². The van der Waals surface area contributed by atoms with E-state index in [4.69, 9.17) is 9.84 Å². The van der Waals surface area contributed by atoms with Crippen molar-refractivity contribution in [3.8, 4) is 5.75 Å². The molecule has 0 radical (unpaired) electrons. The van der Waals surface area contributed by atoms with Gasteiger partial charge in [-0.2, -0.15) is 5.10 Å². The zero-order valence-electron chi connectivity index (χ0n) is 21.4. The highest BCUT2D eigenvalue weighted by Gasteiger charge is 2.36. The van der Waals surface area contributed by atoms with Gasteiger partial charge in [-0.3, -0.25) is 14.4 Å². The average Bonchev–Trinajstić information content (AvgIpc) is 3.19. The minimum atomic E-state index is 0.0762. The minimum Gasteiger partial charge on any atom is -0.483 e. The maximum Gasteiger partial charge on any atom is 0.260 e. The topological polar surface area (TPSA) is 50.6 Å². The molecule has 1 spiro atoms. The summed E-state index contributed by atoms with van der Waals surface area (Å²) in [5.41, 5.74) is 3.94. The third-order valence-corrected chi connectivity index (χ3v) is 7.82. The summed E-state index contributed by atoms with van der Waals surface area (Å²) in [7, 11) is 1.95. The highest BCUT2D eigenvalue weighted by molar-refractivity contribution is 5.77. The summed E-state index contributed by atoms with van der Waals surface area (Å²) in [6.45, 7) is 9.47. The lowest BCUT2D eigenvalue weighted by atomic mass is 9.73. The normalized spacial score (nSPS) is 19.9. The molecule has 6 heteroatoms. The fourth-order valence-electron chi connectivity index (χ4n) is 5.57. The number of fused-ring (bicyclic) bond motifs is 1. The Kier molecular flexibility index (Phi) is 8.30. The van der Waals surface area contributed by atoms with Gasteiger partial charge in [0.15, 0.2) is 6.61 Å². The number of hydrogen-bond donors (Lipinski definition) is 0. The Hall–Kier alpha value is -2.34. The fraction of sp³-hybridized carbons (Fsp3) is 0.643. The molecule has 0 N–H and O–H groups in total. The number of piperidine rings is 1. The van der Waals surface area contributed by atoms with Crippen LogP contribution in [0.4, 0.5) is 0 Å². The number of aromatic nitrogens is 2. The molecule has 2 aliphatic rings. The number of carbonyl (C=O) groups excluding carboxylic acids is 1. The van der Waals surface area contributed by atoms with Crippen molar-refractivity contribution >= 4 is 5.91 Å². The van der Waals surface area contributed by atoms with Gasteiger partial charge in [0.25, 0.3) is 5.91 Å². The smallest absolute Gasteiger partial charge is 0.260 e. The lowest BCUT2D eigenvalue weighted by Gasteiger charge is -2.44. The van der Waals surface area contributed by atoms with Crippen LogP contribution in [-0.4, -0.2) is 58.8 Å². The van der Waals surface area contributed by atoms with Gasteiger partial charge in [-0.1, -0.05) is 38.0 Å². The standard InChI is InChI=1S/C28H42N4O2/c1-4-5-16-32-20-25(23(2)29-32)19-31-17-14-28(15-18-31)13-9-8-11-24-10-6-7-12-26(24)34-21-27(33)30(3)22-28/h6-7,10,12,20H,4-5,8-9,11,13-19,21-22H2,1-3H3. The summed E-state index contributed by atoms with van der Waals surface area (Å²) in [4.78, 5) is 17.4. The van der Waals surface area contributed by atoms with E-state index in [1.807, 2.05) is 24.1 Å². The van der Waals surface area contributed by atoms with Crippen molar-refractivity contribution in [2.24, 2.45) is 5.41 Å². The molecule has 1 saturated heterocycles. The van der Waals surface area contributed by atoms with Crippen LogP contribution in [0.15, 0.2) is 30.5 Å². The summed E-state index contributed by atoms with van der Waals surface area (Å²) in [5.74, 6) is 0.938. The fourth-order valence-corrected chi connectivity index (χ4v) is 5.57. The van der Waals surface area contributed by atoms with Gasteiger partial charge in [-0.05, 0) is 75.6 Å². The second-order valence-electron chi connectivity index (χ2n) is 10.5. The first-order chi connectivity index (χ1) is 16.5. The maximum absolute atomic E-state index is 12.9. The zero-order chi connectivity index (χ0) is 24.0. The average molecular weight is 467 g/mol. The van der Waals surface area contributed by atoms with Crippen molar-refractivity contribution in [2.75, 3.05) is 33.3 Å². The van der Waals surface area contributed by atoms with Gasteiger partial charge in [0.1, 0.15) is 5.75 Å². The first kappa shape index (κ1) is 24.8. The van der Waals surface area contributed by atoms with Gasteiger partial charge in [-0.25, -0.2) is 0 Å². The predicted molar refractivity (Wildman–Crippen MR) is 136 cm³/mol. The number of likely N-dealkylation sites (N-methyl/N-ethyl adjacent to an activating group) is 1. The molecule has 0 saturated carbocycles. The van der Waals surface area contributed by atoms with Gasteiger partial charge < -0.3 is 9.64 Å². The van der Waals surface area contributed by atoms with Gasteiger partial charge in [0, 0.05) is 38.4 Å². The molecule has 0 unspecified atom stereocenters. The molecule has 2 aliphatic heterocycles. The van der Waals surface area contributed by atoms with E-state index in [1.54, 1.807) is 0 Å².